The van der Waals surface area contributed by atoms with Gasteiger partial charge >= 0.3 is 0 Å². The highest BCUT2D eigenvalue weighted by molar-refractivity contribution is 5.85. The molecule has 0 aliphatic heterocycles. The fourth-order valence-corrected chi connectivity index (χ4v) is 4.73. The average Bonchev–Trinajstić information content (AvgIpc) is 3.62. The first-order chi connectivity index (χ1) is 16.0. The van der Waals surface area contributed by atoms with Crippen LogP contribution in [-0.4, -0.2) is 0 Å². The summed E-state index contributed by atoms with van der Waals surface area (Å²) < 4.78 is 0. The molecule has 2 aliphatic rings. The predicted octanol–water partition coefficient (Wildman–Crippen LogP) is 8.30. The lowest BCUT2D eigenvalue weighted by Crippen LogP contribution is -1.99. The first-order valence-electron chi connectivity index (χ1n) is 11.4. The summed E-state index contributed by atoms with van der Waals surface area (Å²) in [5.74, 6) is 1.16. The van der Waals surface area contributed by atoms with Gasteiger partial charge in [0.2, 0.25) is 0 Å². The molecule has 0 N–H and O–H groups in total. The topological polar surface area (TPSA) is 0 Å². The smallest absolute Gasteiger partial charge is 0.00808 e. The Morgan fingerprint density at radius 3 is 1.85 bits per heavy atom. The summed E-state index contributed by atoms with van der Waals surface area (Å²) in [4.78, 5) is 0. The lowest BCUT2D eigenvalue weighted by molar-refractivity contribution is 0.942. The summed E-state index contributed by atoms with van der Waals surface area (Å²) >= 11 is 0. The number of allylic oxidation sites excluding steroid dienone is 6. The third-order valence-electron chi connectivity index (χ3n) is 6.76. The fourth-order valence-electron chi connectivity index (χ4n) is 4.73. The molecule has 1 fully saturated rings. The SMILES string of the molecule is [CH2]/C(=C\c1ccccc1[CH2])C1=CC=C(c2ccc(/C([CH2])=C/c3ccccc3[CH2])cc2)C2CC12. The highest BCUT2D eigenvalue weighted by Gasteiger charge is 2.44. The first kappa shape index (κ1) is 21.5. The van der Waals surface area contributed by atoms with E-state index in [0.29, 0.717) is 11.8 Å². The Kier molecular flexibility index (Phi) is 5.77. The van der Waals surface area contributed by atoms with Crippen LogP contribution in [0.4, 0.5) is 0 Å². The standard InChI is InChI=1S/C33H28/c1-22-9-5-7-11-28(22)19-24(3)26-13-15-27(16-14-26)31-18-17-30(32-21-33(31)32)25(4)20-29-12-8-6-10-23(29)2/h5-20,32-33H,1-4,21H2/b24-19+,25-20+. The molecule has 0 amide bonds. The van der Waals surface area contributed by atoms with Crippen LogP contribution < -0.4 is 0 Å². The molecule has 0 spiro atoms. The summed E-state index contributed by atoms with van der Waals surface area (Å²) in [5, 5.41) is 0. The Bertz CT molecular complexity index is 1310. The minimum absolute atomic E-state index is 0.572. The second-order valence-electron chi connectivity index (χ2n) is 9.01. The molecular weight excluding hydrogens is 396 g/mol. The van der Waals surface area contributed by atoms with Crippen molar-refractivity contribution in [1.82, 2.24) is 0 Å². The molecule has 3 aromatic carbocycles. The molecule has 1 saturated carbocycles. The Hall–Kier alpha value is -3.38. The molecule has 2 aliphatic carbocycles. The Balaban J connectivity index is 1.37. The van der Waals surface area contributed by atoms with E-state index >= 15 is 0 Å². The van der Waals surface area contributed by atoms with Crippen molar-refractivity contribution in [3.8, 4) is 0 Å². The summed E-state index contributed by atoms with van der Waals surface area (Å²) in [5.41, 5.74) is 11.6. The van der Waals surface area contributed by atoms with Gasteiger partial charge in [-0.1, -0.05) is 97.1 Å². The van der Waals surface area contributed by atoms with Crippen molar-refractivity contribution in [3.63, 3.8) is 0 Å². The number of rotatable bonds is 5. The Morgan fingerprint density at radius 1 is 0.667 bits per heavy atom. The van der Waals surface area contributed by atoms with E-state index in [9.17, 15) is 0 Å². The van der Waals surface area contributed by atoms with Gasteiger partial charge < -0.3 is 0 Å². The van der Waals surface area contributed by atoms with Gasteiger partial charge in [0.05, 0.1) is 0 Å². The number of hydrogen-bond donors (Lipinski definition) is 0. The molecule has 0 bridgehead atoms. The second-order valence-corrected chi connectivity index (χ2v) is 9.01. The minimum Gasteiger partial charge on any atom is -0.0620 e. The van der Waals surface area contributed by atoms with Crippen molar-refractivity contribution < 1.29 is 0 Å². The maximum Gasteiger partial charge on any atom is -0.00808 e. The number of hydrogen-bond acceptors (Lipinski definition) is 0. The molecule has 3 aromatic rings. The molecule has 4 radical (unpaired) electrons. The van der Waals surface area contributed by atoms with Crippen LogP contribution in [0, 0.1) is 39.5 Å². The monoisotopic (exact) mass is 424 g/mol. The molecule has 160 valence electrons. The zero-order valence-corrected chi connectivity index (χ0v) is 18.9. The summed E-state index contributed by atoms with van der Waals surface area (Å²) in [6, 6.07) is 25.2. The van der Waals surface area contributed by atoms with Gasteiger partial charge in [-0.25, -0.2) is 0 Å². The van der Waals surface area contributed by atoms with E-state index in [1.807, 2.05) is 30.3 Å². The maximum atomic E-state index is 4.36. The van der Waals surface area contributed by atoms with Crippen LogP contribution >= 0.6 is 0 Å². The number of benzene rings is 3. The quantitative estimate of drug-likeness (QED) is 0.361. The van der Waals surface area contributed by atoms with Crippen molar-refractivity contribution >= 4 is 23.3 Å². The van der Waals surface area contributed by atoms with Gasteiger partial charge in [-0.15, -0.1) is 0 Å². The van der Waals surface area contributed by atoms with Gasteiger partial charge in [-0.2, -0.15) is 0 Å². The third-order valence-corrected chi connectivity index (χ3v) is 6.76. The van der Waals surface area contributed by atoms with Crippen LogP contribution in [0.2, 0.25) is 0 Å². The molecule has 0 aromatic heterocycles. The van der Waals surface area contributed by atoms with E-state index in [4.69, 9.17) is 0 Å². The third kappa shape index (κ3) is 4.44. The molecule has 0 heterocycles. The van der Waals surface area contributed by atoms with Crippen LogP contribution in [0.5, 0.6) is 0 Å². The van der Waals surface area contributed by atoms with Gasteiger partial charge in [-0.05, 0) is 102 Å². The van der Waals surface area contributed by atoms with Crippen molar-refractivity contribution in [1.29, 1.82) is 0 Å². The molecule has 0 saturated heterocycles. The van der Waals surface area contributed by atoms with E-state index < -0.39 is 0 Å². The lowest BCUT2D eigenvalue weighted by atomic mass is 9.89. The van der Waals surface area contributed by atoms with E-state index in [1.165, 1.54) is 23.1 Å². The van der Waals surface area contributed by atoms with E-state index in [0.717, 1.165) is 39.0 Å². The van der Waals surface area contributed by atoms with Gasteiger partial charge in [0.1, 0.15) is 0 Å². The van der Waals surface area contributed by atoms with E-state index in [-0.39, 0.29) is 0 Å². The van der Waals surface area contributed by atoms with Crippen molar-refractivity contribution in [2.24, 2.45) is 11.8 Å². The van der Waals surface area contributed by atoms with Crippen LogP contribution in [0.15, 0.2) is 96.1 Å². The van der Waals surface area contributed by atoms with Crippen molar-refractivity contribution in [2.45, 2.75) is 6.42 Å². The minimum atomic E-state index is 0.572. The Labute approximate surface area is 198 Å². The van der Waals surface area contributed by atoms with E-state index in [2.05, 4.69) is 94.5 Å². The largest absolute Gasteiger partial charge is 0.0620 e. The van der Waals surface area contributed by atoms with Crippen molar-refractivity contribution in [3.05, 3.63) is 157 Å². The average molecular weight is 425 g/mol. The van der Waals surface area contributed by atoms with Gasteiger partial charge in [-0.3, -0.25) is 0 Å². The second kappa shape index (κ2) is 8.87. The normalized spacial score (nSPS) is 20.1. The van der Waals surface area contributed by atoms with Gasteiger partial charge in [0.15, 0.2) is 0 Å². The summed E-state index contributed by atoms with van der Waals surface area (Å²) in [6.45, 7) is 16.9. The highest BCUT2D eigenvalue weighted by Crippen LogP contribution is 2.56. The number of fused-ring (bicyclic) bond motifs is 1. The molecule has 5 rings (SSSR count). The maximum absolute atomic E-state index is 4.36. The van der Waals surface area contributed by atoms with Gasteiger partial charge in [0, 0.05) is 0 Å². The van der Waals surface area contributed by atoms with Crippen molar-refractivity contribution in [2.75, 3.05) is 0 Å². The van der Waals surface area contributed by atoms with Crippen LogP contribution in [0.3, 0.4) is 0 Å². The zero-order chi connectivity index (χ0) is 22.9. The van der Waals surface area contributed by atoms with Gasteiger partial charge in [0.25, 0.3) is 0 Å². The molecule has 2 atom stereocenters. The van der Waals surface area contributed by atoms with Crippen LogP contribution in [-0.2, 0) is 0 Å². The molecular formula is C33H28. The fraction of sp³-hybridized carbons (Fsp3) is 0.0909. The zero-order valence-electron chi connectivity index (χ0n) is 18.9. The molecule has 2 unspecified atom stereocenters. The molecule has 0 heteroatoms. The molecule has 33 heavy (non-hydrogen) atoms. The summed E-state index contributed by atoms with van der Waals surface area (Å²) in [7, 11) is 0. The van der Waals surface area contributed by atoms with E-state index in [1.54, 1.807) is 0 Å². The summed E-state index contributed by atoms with van der Waals surface area (Å²) in [6.07, 6.45) is 10.0. The highest BCUT2D eigenvalue weighted by atomic mass is 14.5. The Morgan fingerprint density at radius 2 is 1.24 bits per heavy atom. The molecule has 0 nitrogen and oxygen atoms in total. The lowest BCUT2D eigenvalue weighted by Gasteiger charge is -2.16. The first-order valence-corrected chi connectivity index (χ1v) is 11.4. The van der Waals surface area contributed by atoms with Crippen LogP contribution in [0.25, 0.3) is 23.3 Å². The predicted molar refractivity (Wildman–Crippen MR) is 142 cm³/mol. The van der Waals surface area contributed by atoms with Crippen LogP contribution in [0.1, 0.15) is 39.8 Å².